The lowest BCUT2D eigenvalue weighted by Crippen LogP contribution is -1.71. The van der Waals surface area contributed by atoms with Gasteiger partial charge in [-0.05, 0) is 18.6 Å². The van der Waals surface area contributed by atoms with Gasteiger partial charge in [-0.1, -0.05) is 33.1 Å². The van der Waals surface area contributed by atoms with Crippen molar-refractivity contribution in [2.45, 2.75) is 20.8 Å². The van der Waals surface area contributed by atoms with E-state index in [-0.39, 0.29) is 5.83 Å². The molecule has 0 aliphatic heterocycles. The minimum atomic E-state index is -0.377. The average Bonchev–Trinajstić information content (AvgIpc) is 2.50. The molecule has 13 heavy (non-hydrogen) atoms. The molecular formula is C11H15FS. The van der Waals surface area contributed by atoms with Gasteiger partial charge in [0, 0.05) is 4.88 Å². The minimum absolute atomic E-state index is 0.377. The molecule has 0 fully saturated rings. The second-order valence-electron chi connectivity index (χ2n) is 2.25. The molecule has 1 rings (SSSR count). The lowest BCUT2D eigenvalue weighted by atomic mass is 10.2. The number of thiophene rings is 1. The molecule has 0 unspecified atom stereocenters. The molecule has 0 aromatic carbocycles. The van der Waals surface area contributed by atoms with E-state index >= 15 is 0 Å². The summed E-state index contributed by atoms with van der Waals surface area (Å²) in [5, 5.41) is 0. The Bertz CT molecular complexity index is 297. The molecular weight excluding hydrogens is 183 g/mol. The van der Waals surface area contributed by atoms with Gasteiger partial charge >= 0.3 is 0 Å². The van der Waals surface area contributed by atoms with Crippen LogP contribution in [0.15, 0.2) is 19.2 Å². The van der Waals surface area contributed by atoms with E-state index in [1.165, 1.54) is 11.3 Å². The van der Waals surface area contributed by atoms with E-state index in [9.17, 15) is 4.39 Å². The van der Waals surface area contributed by atoms with Crippen molar-refractivity contribution in [1.29, 1.82) is 0 Å². The highest BCUT2D eigenvalue weighted by Crippen LogP contribution is 2.29. The molecule has 0 N–H and O–H groups in total. The topological polar surface area (TPSA) is 0 Å². The smallest absolute Gasteiger partial charge is 0.133 e. The molecule has 0 bridgehead atoms. The Balaban J connectivity index is 0.000000671. The summed E-state index contributed by atoms with van der Waals surface area (Å²) in [4.78, 5) is 1.67. The number of rotatable bonds is 2. The summed E-state index contributed by atoms with van der Waals surface area (Å²) in [7, 11) is 0. The fourth-order valence-corrected chi connectivity index (χ4v) is 1.78. The third-order valence-corrected chi connectivity index (χ3v) is 2.45. The SMILES string of the molecule is C=Cc1cc(C)sc1C(=C)F.CC. The van der Waals surface area contributed by atoms with Crippen LogP contribution in [0.25, 0.3) is 11.9 Å². The summed E-state index contributed by atoms with van der Waals surface area (Å²) >= 11 is 1.40. The first kappa shape index (κ1) is 12.1. The quantitative estimate of drug-likeness (QED) is 0.648. The Labute approximate surface area is 83.4 Å². The van der Waals surface area contributed by atoms with Crippen LogP contribution in [-0.4, -0.2) is 0 Å². The van der Waals surface area contributed by atoms with Crippen LogP contribution in [0.2, 0.25) is 0 Å². The molecule has 0 radical (unpaired) electrons. The Kier molecular flexibility index (Phi) is 5.31. The number of hydrogen-bond donors (Lipinski definition) is 0. The Morgan fingerprint density at radius 3 is 2.38 bits per heavy atom. The van der Waals surface area contributed by atoms with E-state index in [0.29, 0.717) is 4.88 Å². The van der Waals surface area contributed by atoms with E-state index in [2.05, 4.69) is 13.2 Å². The van der Waals surface area contributed by atoms with Crippen molar-refractivity contribution >= 4 is 23.2 Å². The molecule has 0 saturated heterocycles. The molecule has 0 spiro atoms. The molecule has 0 aliphatic rings. The lowest BCUT2D eigenvalue weighted by molar-refractivity contribution is 0.767. The maximum atomic E-state index is 12.7. The fraction of sp³-hybridized carbons (Fsp3) is 0.273. The van der Waals surface area contributed by atoms with Gasteiger partial charge in [0.05, 0.1) is 4.88 Å². The summed E-state index contributed by atoms with van der Waals surface area (Å²) in [5.41, 5.74) is 0.833. The van der Waals surface area contributed by atoms with Gasteiger partial charge in [-0.25, -0.2) is 4.39 Å². The molecule has 1 aromatic heterocycles. The van der Waals surface area contributed by atoms with Gasteiger partial charge in [0.25, 0.3) is 0 Å². The van der Waals surface area contributed by atoms with Gasteiger partial charge in [-0.2, -0.15) is 0 Å². The second-order valence-corrected chi connectivity index (χ2v) is 3.51. The molecule has 72 valence electrons. The van der Waals surface area contributed by atoms with Crippen LogP contribution in [0.5, 0.6) is 0 Å². The van der Waals surface area contributed by atoms with E-state index < -0.39 is 0 Å². The highest BCUT2D eigenvalue weighted by Gasteiger charge is 2.06. The predicted molar refractivity (Wildman–Crippen MR) is 60.6 cm³/mol. The van der Waals surface area contributed by atoms with Gasteiger partial charge in [0.2, 0.25) is 0 Å². The van der Waals surface area contributed by atoms with Gasteiger partial charge in [0.1, 0.15) is 5.83 Å². The third kappa shape index (κ3) is 3.15. The highest BCUT2D eigenvalue weighted by atomic mass is 32.1. The number of hydrogen-bond acceptors (Lipinski definition) is 1. The van der Waals surface area contributed by atoms with E-state index in [1.54, 1.807) is 6.08 Å². The zero-order valence-corrected chi connectivity index (χ0v) is 9.17. The van der Waals surface area contributed by atoms with Crippen molar-refractivity contribution < 1.29 is 4.39 Å². The molecule has 1 aromatic rings. The van der Waals surface area contributed by atoms with Crippen molar-refractivity contribution in [3.63, 3.8) is 0 Å². The van der Waals surface area contributed by atoms with Crippen LogP contribution in [0.3, 0.4) is 0 Å². The number of aryl methyl sites for hydroxylation is 1. The molecule has 2 heteroatoms. The van der Waals surface area contributed by atoms with Crippen LogP contribution >= 0.6 is 11.3 Å². The maximum Gasteiger partial charge on any atom is 0.133 e. The largest absolute Gasteiger partial charge is 0.206 e. The van der Waals surface area contributed by atoms with Crippen LogP contribution < -0.4 is 0 Å². The van der Waals surface area contributed by atoms with Crippen LogP contribution in [0.4, 0.5) is 4.39 Å². The van der Waals surface area contributed by atoms with Crippen LogP contribution in [-0.2, 0) is 0 Å². The zero-order chi connectivity index (χ0) is 10.4. The zero-order valence-electron chi connectivity index (χ0n) is 8.36. The summed E-state index contributed by atoms with van der Waals surface area (Å²) in [6.07, 6.45) is 1.64. The Morgan fingerprint density at radius 2 is 2.08 bits per heavy atom. The maximum absolute atomic E-state index is 12.7. The average molecular weight is 198 g/mol. The lowest BCUT2D eigenvalue weighted by Gasteiger charge is -1.90. The monoisotopic (exact) mass is 198 g/mol. The number of halogens is 1. The van der Waals surface area contributed by atoms with Crippen molar-refractivity contribution in [3.05, 3.63) is 34.5 Å². The Hall–Kier alpha value is -0.890. The van der Waals surface area contributed by atoms with E-state index in [1.807, 2.05) is 26.8 Å². The first-order valence-electron chi connectivity index (χ1n) is 4.23. The molecule has 0 atom stereocenters. The van der Waals surface area contributed by atoms with Crippen molar-refractivity contribution in [3.8, 4) is 0 Å². The van der Waals surface area contributed by atoms with Crippen LogP contribution in [0.1, 0.15) is 29.2 Å². The molecule has 0 aliphatic carbocycles. The molecule has 0 amide bonds. The summed E-state index contributed by atoms with van der Waals surface area (Å²) in [6, 6.07) is 1.90. The van der Waals surface area contributed by atoms with Crippen LogP contribution in [0, 0.1) is 6.92 Å². The normalized spacial score (nSPS) is 8.62. The van der Waals surface area contributed by atoms with Gasteiger partial charge < -0.3 is 0 Å². The van der Waals surface area contributed by atoms with E-state index in [0.717, 1.165) is 10.4 Å². The molecule has 1 heterocycles. The minimum Gasteiger partial charge on any atom is -0.206 e. The van der Waals surface area contributed by atoms with Gasteiger partial charge in [-0.3, -0.25) is 0 Å². The van der Waals surface area contributed by atoms with Gasteiger partial charge in [-0.15, -0.1) is 11.3 Å². The first-order valence-corrected chi connectivity index (χ1v) is 5.04. The predicted octanol–water partition coefficient (Wildman–Crippen LogP) is 4.67. The standard InChI is InChI=1S/C9H9FS.C2H6/c1-4-8-5-6(2)11-9(8)7(3)10;1-2/h4-5H,1,3H2,2H3;1-2H3. The van der Waals surface area contributed by atoms with Gasteiger partial charge in [0.15, 0.2) is 0 Å². The van der Waals surface area contributed by atoms with E-state index in [4.69, 9.17) is 0 Å². The van der Waals surface area contributed by atoms with Crippen molar-refractivity contribution in [2.75, 3.05) is 0 Å². The summed E-state index contributed by atoms with van der Waals surface area (Å²) in [5.74, 6) is -0.377. The fourth-order valence-electron chi connectivity index (χ4n) is 0.898. The first-order chi connectivity index (χ1) is 6.15. The summed E-state index contributed by atoms with van der Waals surface area (Å²) < 4.78 is 12.7. The Morgan fingerprint density at radius 1 is 1.54 bits per heavy atom. The van der Waals surface area contributed by atoms with Crippen molar-refractivity contribution in [2.24, 2.45) is 0 Å². The molecule has 0 saturated carbocycles. The highest BCUT2D eigenvalue weighted by molar-refractivity contribution is 7.13. The summed E-state index contributed by atoms with van der Waals surface area (Å²) in [6.45, 7) is 12.8. The molecule has 0 nitrogen and oxygen atoms in total. The second kappa shape index (κ2) is 5.70. The van der Waals surface area contributed by atoms with Crippen molar-refractivity contribution in [1.82, 2.24) is 0 Å². The third-order valence-electron chi connectivity index (χ3n) is 1.35.